The SMILES string of the molecule is O=C1CCOCCC1(F)F. The Morgan fingerprint density at radius 3 is 2.80 bits per heavy atom. The van der Waals surface area contributed by atoms with Crippen molar-refractivity contribution in [3.8, 4) is 0 Å². The number of Topliss-reactive ketones (excluding diaryl/α,β-unsaturated/α-hetero) is 1. The molecule has 0 unspecified atom stereocenters. The third-order valence-corrected chi connectivity index (χ3v) is 1.44. The van der Waals surface area contributed by atoms with Crippen LogP contribution in [0.15, 0.2) is 0 Å². The number of hydrogen-bond acceptors (Lipinski definition) is 2. The topological polar surface area (TPSA) is 26.3 Å². The van der Waals surface area contributed by atoms with Gasteiger partial charge in [0.15, 0.2) is 0 Å². The third kappa shape index (κ3) is 1.50. The molecule has 1 heterocycles. The maximum absolute atomic E-state index is 12.4. The first-order chi connectivity index (χ1) is 4.63. The molecule has 0 amide bonds. The Kier molecular flexibility index (Phi) is 1.99. The summed E-state index contributed by atoms with van der Waals surface area (Å²) in [6.45, 7) is 0.118. The molecule has 0 spiro atoms. The summed E-state index contributed by atoms with van der Waals surface area (Å²) in [5, 5.41) is 0. The first-order valence-electron chi connectivity index (χ1n) is 3.12. The van der Waals surface area contributed by atoms with Gasteiger partial charge in [0.05, 0.1) is 13.2 Å². The molecule has 0 atom stereocenters. The Morgan fingerprint density at radius 1 is 1.40 bits per heavy atom. The first kappa shape index (κ1) is 7.60. The van der Waals surface area contributed by atoms with Gasteiger partial charge < -0.3 is 4.74 Å². The summed E-state index contributed by atoms with van der Waals surface area (Å²) in [5.41, 5.74) is 0. The zero-order valence-corrected chi connectivity index (χ0v) is 5.40. The van der Waals surface area contributed by atoms with E-state index in [4.69, 9.17) is 4.74 Å². The minimum atomic E-state index is -3.14. The van der Waals surface area contributed by atoms with Crippen molar-refractivity contribution in [2.75, 3.05) is 13.2 Å². The molecule has 0 aliphatic carbocycles. The molecule has 2 nitrogen and oxygen atoms in total. The predicted octanol–water partition coefficient (Wildman–Crippen LogP) is 1.00. The van der Waals surface area contributed by atoms with Crippen molar-refractivity contribution < 1.29 is 18.3 Å². The van der Waals surface area contributed by atoms with Crippen molar-refractivity contribution in [1.82, 2.24) is 0 Å². The lowest BCUT2D eigenvalue weighted by Crippen LogP contribution is -2.27. The minimum Gasteiger partial charge on any atom is -0.381 e. The zero-order chi connectivity index (χ0) is 7.61. The fourth-order valence-electron chi connectivity index (χ4n) is 0.790. The molecule has 0 saturated carbocycles. The second-order valence-corrected chi connectivity index (χ2v) is 2.24. The van der Waals surface area contributed by atoms with E-state index in [9.17, 15) is 13.6 Å². The lowest BCUT2D eigenvalue weighted by atomic mass is 10.1. The van der Waals surface area contributed by atoms with Crippen molar-refractivity contribution in [2.24, 2.45) is 0 Å². The van der Waals surface area contributed by atoms with E-state index in [1.165, 1.54) is 0 Å². The van der Waals surface area contributed by atoms with E-state index in [0.717, 1.165) is 0 Å². The van der Waals surface area contributed by atoms with Crippen LogP contribution in [-0.4, -0.2) is 24.9 Å². The molecule has 1 aliphatic rings. The molecule has 0 aromatic heterocycles. The van der Waals surface area contributed by atoms with Gasteiger partial charge in [0.25, 0.3) is 0 Å². The normalized spacial score (nSPS) is 26.0. The van der Waals surface area contributed by atoms with E-state index in [-0.39, 0.29) is 19.6 Å². The number of alkyl halides is 2. The Labute approximate surface area is 57.2 Å². The van der Waals surface area contributed by atoms with Crippen LogP contribution in [0.3, 0.4) is 0 Å². The fraction of sp³-hybridized carbons (Fsp3) is 0.833. The monoisotopic (exact) mass is 150 g/mol. The van der Waals surface area contributed by atoms with Gasteiger partial charge in [-0.15, -0.1) is 0 Å². The molecule has 1 rings (SSSR count). The molecule has 0 N–H and O–H groups in total. The van der Waals surface area contributed by atoms with Crippen molar-refractivity contribution in [2.45, 2.75) is 18.8 Å². The average Bonchev–Trinajstić information content (AvgIpc) is 1.96. The number of hydrogen-bond donors (Lipinski definition) is 0. The van der Waals surface area contributed by atoms with Crippen LogP contribution in [0.1, 0.15) is 12.8 Å². The van der Waals surface area contributed by atoms with Crippen LogP contribution in [0.4, 0.5) is 8.78 Å². The highest BCUT2D eigenvalue weighted by atomic mass is 19.3. The van der Waals surface area contributed by atoms with Crippen molar-refractivity contribution in [1.29, 1.82) is 0 Å². The van der Waals surface area contributed by atoms with Crippen LogP contribution in [0.25, 0.3) is 0 Å². The molecular formula is C6H8F2O2. The molecule has 58 valence electrons. The molecule has 0 aromatic carbocycles. The van der Waals surface area contributed by atoms with E-state index >= 15 is 0 Å². The molecular weight excluding hydrogens is 142 g/mol. The van der Waals surface area contributed by atoms with Crippen LogP contribution in [0.5, 0.6) is 0 Å². The highest BCUT2D eigenvalue weighted by Crippen LogP contribution is 2.23. The molecule has 1 aliphatic heterocycles. The summed E-state index contributed by atoms with van der Waals surface area (Å²) in [4.78, 5) is 10.5. The van der Waals surface area contributed by atoms with E-state index < -0.39 is 18.1 Å². The molecule has 0 radical (unpaired) electrons. The second kappa shape index (κ2) is 2.62. The standard InChI is InChI=1S/C6H8F2O2/c7-6(8)2-4-10-3-1-5(6)9/h1-4H2. The van der Waals surface area contributed by atoms with Crippen LogP contribution in [0.2, 0.25) is 0 Å². The minimum absolute atomic E-state index is 0.0151. The highest BCUT2D eigenvalue weighted by molar-refractivity contribution is 5.85. The van der Waals surface area contributed by atoms with Crippen LogP contribution in [0, 0.1) is 0 Å². The van der Waals surface area contributed by atoms with Gasteiger partial charge in [0, 0.05) is 12.8 Å². The number of carbonyl (C=O) groups excluding carboxylic acids is 1. The Hall–Kier alpha value is -0.510. The van der Waals surface area contributed by atoms with E-state index in [1.807, 2.05) is 0 Å². The number of carbonyl (C=O) groups is 1. The van der Waals surface area contributed by atoms with Crippen LogP contribution >= 0.6 is 0 Å². The molecule has 1 fully saturated rings. The van der Waals surface area contributed by atoms with E-state index in [1.54, 1.807) is 0 Å². The van der Waals surface area contributed by atoms with Gasteiger partial charge in [0.1, 0.15) is 0 Å². The lowest BCUT2D eigenvalue weighted by molar-refractivity contribution is -0.142. The lowest BCUT2D eigenvalue weighted by Gasteiger charge is -2.08. The Balaban J connectivity index is 2.61. The average molecular weight is 150 g/mol. The third-order valence-electron chi connectivity index (χ3n) is 1.44. The van der Waals surface area contributed by atoms with E-state index in [0.29, 0.717) is 0 Å². The summed E-state index contributed by atoms with van der Waals surface area (Å²) in [6, 6.07) is 0. The van der Waals surface area contributed by atoms with Gasteiger partial charge in [-0.05, 0) is 0 Å². The molecule has 1 saturated heterocycles. The Morgan fingerprint density at radius 2 is 2.10 bits per heavy atom. The van der Waals surface area contributed by atoms with Gasteiger partial charge in [-0.2, -0.15) is 8.78 Å². The number of ketones is 1. The summed E-state index contributed by atoms with van der Waals surface area (Å²) in [5.74, 6) is -4.14. The van der Waals surface area contributed by atoms with Gasteiger partial charge >= 0.3 is 5.92 Å². The van der Waals surface area contributed by atoms with Gasteiger partial charge in [0.2, 0.25) is 5.78 Å². The Bertz CT molecular complexity index is 145. The summed E-state index contributed by atoms with van der Waals surface area (Å²) in [6.07, 6.45) is -0.626. The van der Waals surface area contributed by atoms with Crippen molar-refractivity contribution >= 4 is 5.78 Å². The van der Waals surface area contributed by atoms with Crippen LogP contribution in [-0.2, 0) is 9.53 Å². The van der Waals surface area contributed by atoms with Crippen molar-refractivity contribution in [3.63, 3.8) is 0 Å². The van der Waals surface area contributed by atoms with Gasteiger partial charge in [-0.3, -0.25) is 4.79 Å². The number of ether oxygens (including phenoxy) is 1. The fourth-order valence-corrected chi connectivity index (χ4v) is 0.790. The maximum atomic E-state index is 12.4. The molecule has 0 aromatic rings. The second-order valence-electron chi connectivity index (χ2n) is 2.24. The summed E-state index contributed by atoms with van der Waals surface area (Å²) >= 11 is 0. The maximum Gasteiger partial charge on any atom is 0.307 e. The number of halogens is 2. The van der Waals surface area contributed by atoms with Crippen molar-refractivity contribution in [3.05, 3.63) is 0 Å². The van der Waals surface area contributed by atoms with Gasteiger partial charge in [-0.1, -0.05) is 0 Å². The smallest absolute Gasteiger partial charge is 0.307 e. The van der Waals surface area contributed by atoms with Crippen LogP contribution < -0.4 is 0 Å². The molecule has 4 heteroatoms. The zero-order valence-electron chi connectivity index (χ0n) is 5.40. The quantitative estimate of drug-likeness (QED) is 0.515. The molecule has 0 bridgehead atoms. The van der Waals surface area contributed by atoms with E-state index in [2.05, 4.69) is 0 Å². The summed E-state index contributed by atoms with van der Waals surface area (Å²) < 4.78 is 29.6. The largest absolute Gasteiger partial charge is 0.381 e. The molecule has 10 heavy (non-hydrogen) atoms. The first-order valence-corrected chi connectivity index (χ1v) is 3.12. The summed E-state index contributed by atoms with van der Waals surface area (Å²) in [7, 11) is 0. The number of rotatable bonds is 0. The highest BCUT2D eigenvalue weighted by Gasteiger charge is 2.38. The van der Waals surface area contributed by atoms with Gasteiger partial charge in [-0.25, -0.2) is 0 Å². The predicted molar refractivity (Wildman–Crippen MR) is 30.0 cm³/mol.